The predicted molar refractivity (Wildman–Crippen MR) is 90.7 cm³/mol. The summed E-state index contributed by atoms with van der Waals surface area (Å²) in [6, 6.07) is 11.2. The highest BCUT2D eigenvalue weighted by atomic mass is 16.5. The zero-order valence-corrected chi connectivity index (χ0v) is 13.5. The molecule has 23 heavy (non-hydrogen) atoms. The molecule has 0 radical (unpaired) electrons. The van der Waals surface area contributed by atoms with Crippen LogP contribution in [0, 0.1) is 22.7 Å². The minimum atomic E-state index is 0.101. The first kappa shape index (κ1) is 17.1. The minimum Gasteiger partial charge on any atom is -0.494 e. The average Bonchev–Trinajstić information content (AvgIpc) is 2.60. The van der Waals surface area contributed by atoms with Crippen molar-refractivity contribution in [1.82, 2.24) is 4.90 Å². The molecule has 0 aromatic heterocycles. The Balaban J connectivity index is 1.72. The van der Waals surface area contributed by atoms with Crippen LogP contribution in [0.25, 0.3) is 6.08 Å². The van der Waals surface area contributed by atoms with E-state index < -0.39 is 0 Å². The van der Waals surface area contributed by atoms with Crippen LogP contribution in [0.5, 0.6) is 5.75 Å². The largest absolute Gasteiger partial charge is 0.494 e. The standard InChI is InChI=1S/C19H23N3O/c20-15-18(16-21)13-17-7-6-8-19(14-17)23-12-5-4-11-22-9-2-1-3-10-22/h6-8,13-14H,1-5,9-12H2. The third-order valence-corrected chi connectivity index (χ3v) is 4.00. The van der Waals surface area contributed by atoms with E-state index in [2.05, 4.69) is 4.90 Å². The number of unbranched alkanes of at least 4 members (excludes halogenated alkanes) is 1. The van der Waals surface area contributed by atoms with E-state index in [1.807, 2.05) is 36.4 Å². The SMILES string of the molecule is N#CC(C#N)=Cc1cccc(OCCCCN2CCCCC2)c1. The number of nitriles is 2. The minimum absolute atomic E-state index is 0.101. The Morgan fingerprint density at radius 2 is 1.91 bits per heavy atom. The van der Waals surface area contributed by atoms with Gasteiger partial charge in [0.15, 0.2) is 0 Å². The fourth-order valence-electron chi connectivity index (χ4n) is 2.76. The molecule has 4 heteroatoms. The van der Waals surface area contributed by atoms with Crippen LogP contribution in [-0.4, -0.2) is 31.1 Å². The van der Waals surface area contributed by atoms with Crippen molar-refractivity contribution in [2.75, 3.05) is 26.2 Å². The molecular weight excluding hydrogens is 286 g/mol. The Kier molecular flexibility index (Phi) is 7.17. The molecule has 0 aliphatic carbocycles. The molecule has 0 spiro atoms. The first-order valence-electron chi connectivity index (χ1n) is 8.29. The zero-order valence-electron chi connectivity index (χ0n) is 13.5. The Morgan fingerprint density at radius 3 is 2.65 bits per heavy atom. The van der Waals surface area contributed by atoms with Crippen LogP contribution in [0.4, 0.5) is 0 Å². The summed E-state index contributed by atoms with van der Waals surface area (Å²) in [6.45, 7) is 4.36. The molecule has 0 N–H and O–H groups in total. The topological polar surface area (TPSA) is 60.1 Å². The summed E-state index contributed by atoms with van der Waals surface area (Å²) in [6.07, 6.45) is 7.83. The van der Waals surface area contributed by atoms with Gasteiger partial charge in [0.1, 0.15) is 23.5 Å². The predicted octanol–water partition coefficient (Wildman–Crippen LogP) is 3.76. The number of nitrogens with zero attached hydrogens (tertiary/aromatic N) is 3. The van der Waals surface area contributed by atoms with Crippen molar-refractivity contribution < 1.29 is 4.74 Å². The third-order valence-electron chi connectivity index (χ3n) is 4.00. The quantitative estimate of drug-likeness (QED) is 0.568. The van der Waals surface area contributed by atoms with Gasteiger partial charge in [-0.3, -0.25) is 0 Å². The molecular formula is C19H23N3O. The van der Waals surface area contributed by atoms with E-state index in [-0.39, 0.29) is 5.57 Å². The van der Waals surface area contributed by atoms with E-state index in [4.69, 9.17) is 15.3 Å². The highest BCUT2D eigenvalue weighted by Gasteiger charge is 2.08. The molecule has 0 atom stereocenters. The van der Waals surface area contributed by atoms with Gasteiger partial charge in [0.25, 0.3) is 0 Å². The molecule has 2 rings (SSSR count). The summed E-state index contributed by atoms with van der Waals surface area (Å²) >= 11 is 0. The maximum absolute atomic E-state index is 8.79. The Morgan fingerprint density at radius 1 is 1.13 bits per heavy atom. The van der Waals surface area contributed by atoms with Gasteiger partial charge in [-0.15, -0.1) is 0 Å². The van der Waals surface area contributed by atoms with Crippen LogP contribution in [0.2, 0.25) is 0 Å². The fourth-order valence-corrected chi connectivity index (χ4v) is 2.76. The third kappa shape index (κ3) is 6.14. The Labute approximate surface area is 138 Å². The van der Waals surface area contributed by atoms with Crippen molar-refractivity contribution in [3.05, 3.63) is 35.4 Å². The van der Waals surface area contributed by atoms with E-state index in [1.54, 1.807) is 6.08 Å². The van der Waals surface area contributed by atoms with Crippen LogP contribution in [0.1, 0.15) is 37.7 Å². The number of allylic oxidation sites excluding steroid dienone is 1. The van der Waals surface area contributed by atoms with E-state index in [9.17, 15) is 0 Å². The van der Waals surface area contributed by atoms with Gasteiger partial charge in [-0.25, -0.2) is 0 Å². The lowest BCUT2D eigenvalue weighted by Gasteiger charge is -2.26. The number of ether oxygens (including phenoxy) is 1. The second-order valence-corrected chi connectivity index (χ2v) is 5.81. The highest BCUT2D eigenvalue weighted by molar-refractivity contribution is 5.62. The summed E-state index contributed by atoms with van der Waals surface area (Å²) in [5, 5.41) is 17.6. The number of rotatable bonds is 7. The van der Waals surface area contributed by atoms with E-state index >= 15 is 0 Å². The summed E-state index contributed by atoms with van der Waals surface area (Å²) in [4.78, 5) is 2.54. The summed E-state index contributed by atoms with van der Waals surface area (Å²) in [7, 11) is 0. The van der Waals surface area contributed by atoms with E-state index in [0.717, 1.165) is 24.2 Å². The van der Waals surface area contributed by atoms with Crippen molar-refractivity contribution in [2.24, 2.45) is 0 Å². The number of hydrogen-bond donors (Lipinski definition) is 0. The lowest BCUT2D eigenvalue weighted by Crippen LogP contribution is -2.30. The molecule has 0 saturated carbocycles. The molecule has 1 aromatic carbocycles. The molecule has 120 valence electrons. The van der Waals surface area contributed by atoms with Crippen LogP contribution >= 0.6 is 0 Å². The Hall–Kier alpha value is -2.30. The maximum atomic E-state index is 8.79. The number of benzene rings is 1. The summed E-state index contributed by atoms with van der Waals surface area (Å²) in [5.41, 5.74) is 0.914. The van der Waals surface area contributed by atoms with Crippen LogP contribution in [0.3, 0.4) is 0 Å². The molecule has 1 aliphatic heterocycles. The molecule has 4 nitrogen and oxygen atoms in total. The van der Waals surface area contributed by atoms with Crippen LogP contribution in [0.15, 0.2) is 29.8 Å². The lowest BCUT2D eigenvalue weighted by molar-refractivity contribution is 0.216. The molecule has 0 bridgehead atoms. The molecule has 1 fully saturated rings. The normalized spacial score (nSPS) is 14.5. The van der Waals surface area contributed by atoms with Gasteiger partial charge < -0.3 is 9.64 Å². The lowest BCUT2D eigenvalue weighted by atomic mass is 10.1. The first-order chi connectivity index (χ1) is 11.3. The van der Waals surface area contributed by atoms with Crippen molar-refractivity contribution >= 4 is 6.08 Å². The molecule has 0 amide bonds. The number of piperidine rings is 1. The van der Waals surface area contributed by atoms with E-state index in [1.165, 1.54) is 38.9 Å². The maximum Gasteiger partial charge on any atom is 0.130 e. The van der Waals surface area contributed by atoms with Crippen molar-refractivity contribution in [1.29, 1.82) is 10.5 Å². The van der Waals surface area contributed by atoms with Gasteiger partial charge in [0, 0.05) is 0 Å². The number of hydrogen-bond acceptors (Lipinski definition) is 4. The molecule has 0 unspecified atom stereocenters. The fraction of sp³-hybridized carbons (Fsp3) is 0.474. The summed E-state index contributed by atoms with van der Waals surface area (Å²) < 4.78 is 5.77. The Bertz CT molecular complexity index is 588. The molecule has 1 saturated heterocycles. The van der Waals surface area contributed by atoms with Gasteiger partial charge in [-0.05, 0) is 69.1 Å². The smallest absolute Gasteiger partial charge is 0.130 e. The van der Waals surface area contributed by atoms with Crippen molar-refractivity contribution in [3.8, 4) is 17.9 Å². The average molecular weight is 309 g/mol. The van der Waals surface area contributed by atoms with Crippen molar-refractivity contribution in [3.63, 3.8) is 0 Å². The monoisotopic (exact) mass is 309 g/mol. The van der Waals surface area contributed by atoms with Gasteiger partial charge in [-0.1, -0.05) is 18.6 Å². The van der Waals surface area contributed by atoms with Gasteiger partial charge in [0.2, 0.25) is 0 Å². The van der Waals surface area contributed by atoms with Gasteiger partial charge >= 0.3 is 0 Å². The van der Waals surface area contributed by atoms with Gasteiger partial charge in [-0.2, -0.15) is 10.5 Å². The van der Waals surface area contributed by atoms with Crippen LogP contribution < -0.4 is 4.74 Å². The zero-order chi connectivity index (χ0) is 16.3. The molecule has 1 aromatic rings. The van der Waals surface area contributed by atoms with Crippen molar-refractivity contribution in [2.45, 2.75) is 32.1 Å². The number of likely N-dealkylation sites (tertiary alicyclic amines) is 1. The van der Waals surface area contributed by atoms with E-state index in [0.29, 0.717) is 6.61 Å². The molecule has 1 heterocycles. The van der Waals surface area contributed by atoms with Gasteiger partial charge in [0.05, 0.1) is 6.61 Å². The molecule has 1 aliphatic rings. The summed E-state index contributed by atoms with van der Waals surface area (Å²) in [5.74, 6) is 0.784. The second kappa shape index (κ2) is 9.66. The second-order valence-electron chi connectivity index (χ2n) is 5.81. The van der Waals surface area contributed by atoms with Crippen LogP contribution in [-0.2, 0) is 0 Å². The first-order valence-corrected chi connectivity index (χ1v) is 8.29. The highest BCUT2D eigenvalue weighted by Crippen LogP contribution is 2.16.